The number of ether oxygens (including phenoxy) is 1. The van der Waals surface area contributed by atoms with Crippen LogP contribution in [0.5, 0.6) is 5.75 Å². The lowest BCUT2D eigenvalue weighted by atomic mass is 9.69. The molecule has 2 aromatic rings. The molecule has 0 bridgehead atoms. The number of hydrogen-bond donors (Lipinski definition) is 3. The first-order valence-corrected chi connectivity index (χ1v) is 14.3. The van der Waals surface area contributed by atoms with Crippen LogP contribution in [0, 0.1) is 19.3 Å². The van der Waals surface area contributed by atoms with E-state index in [-0.39, 0.29) is 23.5 Å². The Balaban J connectivity index is 2.22. The summed E-state index contributed by atoms with van der Waals surface area (Å²) in [4.78, 5) is 23.6. The van der Waals surface area contributed by atoms with Crippen molar-refractivity contribution in [1.29, 1.82) is 0 Å². The molecule has 1 amide bonds. The van der Waals surface area contributed by atoms with E-state index in [1.807, 2.05) is 19.9 Å². The Morgan fingerprint density at radius 3 is 2.00 bits per heavy atom. The molecule has 0 radical (unpaired) electrons. The van der Waals surface area contributed by atoms with Gasteiger partial charge in [-0.15, -0.1) is 0 Å². The molecule has 39 heavy (non-hydrogen) atoms. The Morgan fingerprint density at radius 1 is 0.923 bits per heavy atom. The number of nitrogens with one attached hydrogen (secondary N) is 1. The molecule has 2 aromatic carbocycles. The molecule has 216 valence electrons. The molecule has 2 atom stereocenters. The minimum atomic E-state index is -1.04. The molecular weight excluding hydrogens is 490 g/mol. The van der Waals surface area contributed by atoms with E-state index in [4.69, 9.17) is 4.74 Å². The molecule has 0 spiro atoms. The average molecular weight is 540 g/mol. The quantitative estimate of drug-likeness (QED) is 0.255. The van der Waals surface area contributed by atoms with Gasteiger partial charge in [0.05, 0.1) is 6.10 Å². The number of hydrogen-bond acceptors (Lipinski definition) is 4. The highest BCUT2D eigenvalue weighted by Crippen LogP contribution is 2.41. The number of aliphatic hydroxyl groups excluding tert-OH is 1. The zero-order chi connectivity index (χ0) is 29.4. The molecule has 0 aliphatic carbocycles. The van der Waals surface area contributed by atoms with Crippen LogP contribution in [-0.4, -0.2) is 40.8 Å². The van der Waals surface area contributed by atoms with E-state index < -0.39 is 17.9 Å². The molecular formula is C33H49NO5. The fraction of sp³-hybridized carbons (Fsp3) is 0.576. The summed E-state index contributed by atoms with van der Waals surface area (Å²) in [7, 11) is 0. The minimum Gasteiger partial charge on any atom is -0.484 e. The van der Waals surface area contributed by atoms with Gasteiger partial charge in [0, 0.05) is 5.41 Å². The number of carboxylic acids is 1. The number of rotatable bonds is 14. The van der Waals surface area contributed by atoms with Crippen molar-refractivity contribution in [1.82, 2.24) is 5.32 Å². The topological polar surface area (TPSA) is 95.9 Å². The summed E-state index contributed by atoms with van der Waals surface area (Å²) in [6.07, 6.45) is 4.15. The SMILES string of the molecule is CCC[C@H](NC(=O)COc1ccc(C(CC)(CC)c2ccc(CCC(O)C(C)(C)C)c(C)c2)cc1C)C(=O)O. The van der Waals surface area contributed by atoms with Crippen LogP contribution in [0.15, 0.2) is 36.4 Å². The first-order chi connectivity index (χ1) is 18.3. The van der Waals surface area contributed by atoms with Gasteiger partial charge >= 0.3 is 5.97 Å². The fourth-order valence-corrected chi connectivity index (χ4v) is 5.27. The second-order valence-corrected chi connectivity index (χ2v) is 11.9. The molecule has 0 heterocycles. The van der Waals surface area contributed by atoms with Gasteiger partial charge in [-0.05, 0) is 85.3 Å². The molecule has 2 rings (SSSR count). The molecule has 1 unspecified atom stereocenters. The van der Waals surface area contributed by atoms with Gasteiger partial charge < -0.3 is 20.3 Å². The highest BCUT2D eigenvalue weighted by molar-refractivity contribution is 5.84. The predicted molar refractivity (Wildman–Crippen MR) is 157 cm³/mol. The standard InChI is InChI=1S/C33H49NO5/c1-9-12-27(31(37)38)34-30(36)21-39-28-17-16-26(20-23(28)5)33(10-2,11-3)25-15-13-24(22(4)19-25)14-18-29(35)32(6,7)8/h13,15-17,19-20,27,29,35H,9-12,14,18,21H2,1-8H3,(H,34,36)(H,37,38)/t27-,29?/m0/s1. The van der Waals surface area contributed by atoms with Crippen LogP contribution >= 0.6 is 0 Å². The number of benzene rings is 2. The monoisotopic (exact) mass is 539 g/mol. The second kappa shape index (κ2) is 14.0. The van der Waals surface area contributed by atoms with Crippen molar-refractivity contribution in [2.45, 2.75) is 111 Å². The third kappa shape index (κ3) is 8.31. The van der Waals surface area contributed by atoms with Crippen LogP contribution in [0.2, 0.25) is 0 Å². The van der Waals surface area contributed by atoms with E-state index in [1.54, 1.807) is 0 Å². The third-order valence-corrected chi connectivity index (χ3v) is 8.09. The van der Waals surface area contributed by atoms with E-state index in [2.05, 4.69) is 77.2 Å². The summed E-state index contributed by atoms with van der Waals surface area (Å²) in [6.45, 7) is 16.4. The Morgan fingerprint density at radius 2 is 1.51 bits per heavy atom. The summed E-state index contributed by atoms with van der Waals surface area (Å²) >= 11 is 0. The first-order valence-electron chi connectivity index (χ1n) is 14.3. The normalized spacial score (nSPS) is 13.6. The van der Waals surface area contributed by atoms with E-state index in [0.717, 1.165) is 31.2 Å². The molecule has 3 N–H and O–H groups in total. The smallest absolute Gasteiger partial charge is 0.326 e. The minimum absolute atomic E-state index is 0.124. The van der Waals surface area contributed by atoms with Crippen LogP contribution < -0.4 is 10.1 Å². The molecule has 0 saturated carbocycles. The van der Waals surface area contributed by atoms with Crippen LogP contribution in [-0.2, 0) is 21.4 Å². The van der Waals surface area contributed by atoms with Crippen LogP contribution in [0.3, 0.4) is 0 Å². The lowest BCUT2D eigenvalue weighted by Gasteiger charge is -2.34. The number of aryl methyl sites for hydroxylation is 3. The maximum absolute atomic E-state index is 12.3. The van der Waals surface area contributed by atoms with Gasteiger partial charge in [0.25, 0.3) is 5.91 Å². The predicted octanol–water partition coefficient (Wildman–Crippen LogP) is 6.50. The lowest BCUT2D eigenvalue weighted by molar-refractivity contribution is -0.142. The van der Waals surface area contributed by atoms with Gasteiger partial charge in [0.1, 0.15) is 11.8 Å². The fourth-order valence-electron chi connectivity index (χ4n) is 5.27. The van der Waals surface area contributed by atoms with Crippen molar-refractivity contribution >= 4 is 11.9 Å². The first kappa shape index (κ1) is 32.4. The largest absolute Gasteiger partial charge is 0.484 e. The van der Waals surface area contributed by atoms with Crippen molar-refractivity contribution < 1.29 is 24.5 Å². The van der Waals surface area contributed by atoms with Crippen LogP contribution in [0.25, 0.3) is 0 Å². The Kier molecular flexibility index (Phi) is 11.6. The molecule has 0 fully saturated rings. The van der Waals surface area contributed by atoms with Gasteiger partial charge in [-0.1, -0.05) is 78.3 Å². The summed E-state index contributed by atoms with van der Waals surface area (Å²) in [5.41, 5.74) is 5.62. The zero-order valence-corrected chi connectivity index (χ0v) is 25.2. The van der Waals surface area contributed by atoms with Crippen LogP contribution in [0.1, 0.15) is 101 Å². The van der Waals surface area contributed by atoms with Crippen molar-refractivity contribution in [3.8, 4) is 5.75 Å². The number of carbonyl (C=O) groups is 2. The molecule has 0 aliphatic heterocycles. The molecule has 0 saturated heterocycles. The Labute approximate surface area is 235 Å². The Hall–Kier alpha value is -2.86. The maximum atomic E-state index is 12.3. The van der Waals surface area contributed by atoms with Crippen molar-refractivity contribution in [2.75, 3.05) is 6.61 Å². The van der Waals surface area contributed by atoms with E-state index >= 15 is 0 Å². The van der Waals surface area contributed by atoms with Gasteiger partial charge in [0.2, 0.25) is 0 Å². The summed E-state index contributed by atoms with van der Waals surface area (Å²) in [5, 5.41) is 22.3. The van der Waals surface area contributed by atoms with E-state index in [9.17, 15) is 19.8 Å². The lowest BCUT2D eigenvalue weighted by Crippen LogP contribution is -2.42. The van der Waals surface area contributed by atoms with E-state index in [0.29, 0.717) is 18.6 Å². The Bertz CT molecular complexity index is 1110. The van der Waals surface area contributed by atoms with E-state index in [1.165, 1.54) is 22.3 Å². The van der Waals surface area contributed by atoms with Gasteiger partial charge in [-0.25, -0.2) is 4.79 Å². The number of aliphatic hydroxyl groups is 1. The van der Waals surface area contributed by atoms with Gasteiger partial charge in [-0.2, -0.15) is 0 Å². The molecule has 0 aromatic heterocycles. The highest BCUT2D eigenvalue weighted by Gasteiger charge is 2.32. The van der Waals surface area contributed by atoms with Crippen molar-refractivity contribution in [3.63, 3.8) is 0 Å². The summed E-state index contributed by atoms with van der Waals surface area (Å²) in [6, 6.07) is 12.0. The van der Waals surface area contributed by atoms with Crippen molar-refractivity contribution in [3.05, 3.63) is 64.2 Å². The summed E-state index contributed by atoms with van der Waals surface area (Å²) in [5.74, 6) is -0.866. The van der Waals surface area contributed by atoms with Crippen LogP contribution in [0.4, 0.5) is 0 Å². The third-order valence-electron chi connectivity index (χ3n) is 8.09. The van der Waals surface area contributed by atoms with Gasteiger partial charge in [-0.3, -0.25) is 4.79 Å². The average Bonchev–Trinajstić information content (AvgIpc) is 2.87. The molecule has 0 aliphatic rings. The molecule has 6 nitrogen and oxygen atoms in total. The number of aliphatic carboxylic acids is 1. The zero-order valence-electron chi connectivity index (χ0n) is 25.2. The summed E-state index contributed by atoms with van der Waals surface area (Å²) < 4.78 is 5.78. The number of amides is 1. The number of carboxylic acid groups (broad SMARTS) is 1. The second-order valence-electron chi connectivity index (χ2n) is 11.9. The van der Waals surface area contributed by atoms with Crippen molar-refractivity contribution in [2.24, 2.45) is 5.41 Å². The van der Waals surface area contributed by atoms with Gasteiger partial charge in [0.15, 0.2) is 6.61 Å². The highest BCUT2D eigenvalue weighted by atomic mass is 16.5. The maximum Gasteiger partial charge on any atom is 0.326 e. The number of carbonyl (C=O) groups excluding carboxylic acids is 1. The molecule has 6 heteroatoms.